The first kappa shape index (κ1) is 20.4. The Morgan fingerprint density at radius 3 is 2.42 bits per heavy atom. The maximum absolute atomic E-state index is 14.2. The van der Waals surface area contributed by atoms with E-state index >= 15 is 0 Å². The number of carbonyl (C=O) groups is 1. The normalized spacial score (nSPS) is 11.3. The van der Waals surface area contributed by atoms with Gasteiger partial charge >= 0.3 is 0 Å². The van der Waals surface area contributed by atoms with E-state index in [0.717, 1.165) is 18.9 Å². The molecule has 0 aliphatic rings. The number of halogens is 2. The summed E-state index contributed by atoms with van der Waals surface area (Å²) < 4.78 is 41.0. The van der Waals surface area contributed by atoms with Gasteiger partial charge in [0.05, 0.1) is 10.6 Å². The van der Waals surface area contributed by atoms with E-state index in [9.17, 15) is 17.6 Å². The Kier molecular flexibility index (Phi) is 7.14. The van der Waals surface area contributed by atoms with Gasteiger partial charge in [-0.25, -0.2) is 17.5 Å². The van der Waals surface area contributed by atoms with Gasteiger partial charge in [-0.1, -0.05) is 31.4 Å². The third-order valence-corrected chi connectivity index (χ3v) is 5.39. The SMILES string of the molecule is CCCCCNS(=O)(=O)c1ccc(NC(=O)c2ccc(Cl)cc2)c(F)c1. The van der Waals surface area contributed by atoms with Crippen LogP contribution in [-0.2, 0) is 10.0 Å². The summed E-state index contributed by atoms with van der Waals surface area (Å²) in [6.07, 6.45) is 2.60. The van der Waals surface area contributed by atoms with Gasteiger partial charge in [0.1, 0.15) is 5.82 Å². The van der Waals surface area contributed by atoms with Crippen molar-refractivity contribution in [3.8, 4) is 0 Å². The van der Waals surface area contributed by atoms with Crippen LogP contribution in [0.25, 0.3) is 0 Å². The second-order valence-electron chi connectivity index (χ2n) is 5.71. The van der Waals surface area contributed by atoms with Gasteiger partial charge in [-0.15, -0.1) is 0 Å². The lowest BCUT2D eigenvalue weighted by Crippen LogP contribution is -2.25. The number of nitrogens with one attached hydrogen (secondary N) is 2. The van der Waals surface area contributed by atoms with Crippen LogP contribution in [0.15, 0.2) is 47.4 Å². The van der Waals surface area contributed by atoms with E-state index in [-0.39, 0.29) is 10.6 Å². The Hall–Kier alpha value is -1.96. The van der Waals surface area contributed by atoms with Crippen molar-refractivity contribution in [1.82, 2.24) is 4.72 Å². The molecule has 0 saturated heterocycles. The van der Waals surface area contributed by atoms with E-state index in [2.05, 4.69) is 10.0 Å². The Morgan fingerprint density at radius 1 is 1.12 bits per heavy atom. The third kappa shape index (κ3) is 5.52. The minimum absolute atomic E-state index is 0.102. The predicted octanol–water partition coefficient (Wildman–Crippen LogP) is 4.20. The number of anilines is 1. The molecule has 0 saturated carbocycles. The van der Waals surface area contributed by atoms with Crippen molar-refractivity contribution >= 4 is 33.2 Å². The van der Waals surface area contributed by atoms with E-state index in [4.69, 9.17) is 11.6 Å². The van der Waals surface area contributed by atoms with Crippen LogP contribution in [0.2, 0.25) is 5.02 Å². The maximum Gasteiger partial charge on any atom is 0.255 e. The summed E-state index contributed by atoms with van der Waals surface area (Å²) in [7, 11) is -3.78. The quantitative estimate of drug-likeness (QED) is 0.654. The Balaban J connectivity index is 2.09. The number of carbonyl (C=O) groups excluding carboxylic acids is 1. The van der Waals surface area contributed by atoms with Crippen molar-refractivity contribution in [2.45, 2.75) is 31.1 Å². The lowest BCUT2D eigenvalue weighted by molar-refractivity contribution is 0.102. The standard InChI is InChI=1S/C18H20ClFN2O3S/c1-2-3-4-11-21-26(24,25)15-9-10-17(16(20)12-15)22-18(23)13-5-7-14(19)8-6-13/h5-10,12,21H,2-4,11H2,1H3,(H,22,23). The molecule has 2 N–H and O–H groups in total. The first-order valence-corrected chi connectivity index (χ1v) is 10.1. The maximum atomic E-state index is 14.2. The van der Waals surface area contributed by atoms with Crippen molar-refractivity contribution in [2.24, 2.45) is 0 Å². The van der Waals surface area contributed by atoms with Gasteiger partial charge in [0.25, 0.3) is 5.91 Å². The van der Waals surface area contributed by atoms with Crippen molar-refractivity contribution in [3.05, 3.63) is 58.9 Å². The van der Waals surface area contributed by atoms with E-state index in [1.54, 1.807) is 12.1 Å². The Bertz CT molecular complexity index is 871. The molecular formula is C18H20ClFN2O3S. The number of benzene rings is 2. The number of hydrogen-bond acceptors (Lipinski definition) is 3. The minimum atomic E-state index is -3.78. The summed E-state index contributed by atoms with van der Waals surface area (Å²) >= 11 is 5.76. The summed E-state index contributed by atoms with van der Waals surface area (Å²) in [6, 6.07) is 9.48. The molecule has 0 heterocycles. The molecule has 0 aliphatic heterocycles. The highest BCUT2D eigenvalue weighted by molar-refractivity contribution is 7.89. The number of amides is 1. The van der Waals surface area contributed by atoms with Crippen LogP contribution >= 0.6 is 11.6 Å². The molecule has 2 aromatic rings. The van der Waals surface area contributed by atoms with Crippen molar-refractivity contribution in [3.63, 3.8) is 0 Å². The molecular weight excluding hydrogens is 379 g/mol. The average Bonchev–Trinajstić information content (AvgIpc) is 2.61. The van der Waals surface area contributed by atoms with Crippen LogP contribution in [0, 0.1) is 5.82 Å². The molecule has 8 heteroatoms. The van der Waals surface area contributed by atoms with Gasteiger partial charge in [0.2, 0.25) is 10.0 Å². The first-order chi connectivity index (χ1) is 12.3. The van der Waals surface area contributed by atoms with Gasteiger partial charge in [0.15, 0.2) is 0 Å². The molecule has 0 atom stereocenters. The van der Waals surface area contributed by atoms with E-state index in [1.165, 1.54) is 24.3 Å². The lowest BCUT2D eigenvalue weighted by Gasteiger charge is -2.10. The second kappa shape index (κ2) is 9.12. The topological polar surface area (TPSA) is 75.3 Å². The Labute approximate surface area is 157 Å². The highest BCUT2D eigenvalue weighted by Crippen LogP contribution is 2.20. The number of hydrogen-bond donors (Lipinski definition) is 2. The third-order valence-electron chi connectivity index (χ3n) is 3.68. The molecule has 0 fully saturated rings. The predicted molar refractivity (Wildman–Crippen MR) is 101 cm³/mol. The Morgan fingerprint density at radius 2 is 1.81 bits per heavy atom. The molecule has 0 aromatic heterocycles. The lowest BCUT2D eigenvalue weighted by atomic mass is 10.2. The van der Waals surface area contributed by atoms with Crippen molar-refractivity contribution in [2.75, 3.05) is 11.9 Å². The molecule has 0 unspecified atom stereocenters. The molecule has 0 aliphatic carbocycles. The molecule has 140 valence electrons. The van der Waals surface area contributed by atoms with Gasteiger partial charge in [0, 0.05) is 17.1 Å². The number of rotatable bonds is 8. The average molecular weight is 399 g/mol. The van der Waals surface area contributed by atoms with Gasteiger partial charge in [-0.2, -0.15) is 0 Å². The highest BCUT2D eigenvalue weighted by Gasteiger charge is 2.17. The van der Waals surface area contributed by atoms with E-state index in [0.29, 0.717) is 23.6 Å². The fraction of sp³-hybridized carbons (Fsp3) is 0.278. The molecule has 0 radical (unpaired) electrons. The van der Waals surface area contributed by atoms with Crippen molar-refractivity contribution < 1.29 is 17.6 Å². The molecule has 0 bridgehead atoms. The van der Waals surface area contributed by atoms with E-state index < -0.39 is 21.7 Å². The zero-order valence-corrected chi connectivity index (χ0v) is 15.8. The monoisotopic (exact) mass is 398 g/mol. The fourth-order valence-electron chi connectivity index (χ4n) is 2.22. The molecule has 0 spiro atoms. The van der Waals surface area contributed by atoms with Crippen LogP contribution in [0.4, 0.5) is 10.1 Å². The fourth-order valence-corrected chi connectivity index (χ4v) is 3.44. The van der Waals surface area contributed by atoms with Crippen LogP contribution in [0.1, 0.15) is 36.5 Å². The number of sulfonamides is 1. The van der Waals surface area contributed by atoms with Gasteiger partial charge < -0.3 is 5.32 Å². The first-order valence-electron chi connectivity index (χ1n) is 8.19. The van der Waals surface area contributed by atoms with Gasteiger partial charge in [-0.3, -0.25) is 4.79 Å². The summed E-state index contributed by atoms with van der Waals surface area (Å²) in [5.41, 5.74) is 0.206. The summed E-state index contributed by atoms with van der Waals surface area (Å²) in [6.45, 7) is 2.31. The van der Waals surface area contributed by atoms with Crippen LogP contribution < -0.4 is 10.0 Å². The zero-order valence-electron chi connectivity index (χ0n) is 14.3. The molecule has 5 nitrogen and oxygen atoms in total. The van der Waals surface area contributed by atoms with Crippen LogP contribution in [0.5, 0.6) is 0 Å². The van der Waals surface area contributed by atoms with E-state index in [1.807, 2.05) is 6.92 Å². The minimum Gasteiger partial charge on any atom is -0.319 e. The molecule has 26 heavy (non-hydrogen) atoms. The van der Waals surface area contributed by atoms with Crippen LogP contribution in [-0.4, -0.2) is 20.9 Å². The molecule has 2 rings (SSSR count). The highest BCUT2D eigenvalue weighted by atomic mass is 35.5. The van der Waals surface area contributed by atoms with Crippen molar-refractivity contribution in [1.29, 1.82) is 0 Å². The zero-order chi connectivity index (χ0) is 19.2. The summed E-state index contributed by atoms with van der Waals surface area (Å²) in [5, 5.41) is 2.89. The summed E-state index contributed by atoms with van der Waals surface area (Å²) in [4.78, 5) is 11.9. The largest absolute Gasteiger partial charge is 0.319 e. The molecule has 1 amide bonds. The molecule has 2 aromatic carbocycles. The van der Waals surface area contributed by atoms with Crippen LogP contribution in [0.3, 0.4) is 0 Å². The number of unbranched alkanes of at least 4 members (excludes halogenated alkanes) is 2. The second-order valence-corrected chi connectivity index (χ2v) is 7.91. The summed E-state index contributed by atoms with van der Waals surface area (Å²) in [5.74, 6) is -1.35. The van der Waals surface area contributed by atoms with Gasteiger partial charge in [-0.05, 0) is 48.9 Å². The smallest absolute Gasteiger partial charge is 0.255 e.